The topological polar surface area (TPSA) is 15.3 Å². The Morgan fingerprint density at radius 3 is 2.84 bits per heavy atom. The van der Waals surface area contributed by atoms with E-state index >= 15 is 0 Å². The van der Waals surface area contributed by atoms with Crippen LogP contribution in [0.2, 0.25) is 0 Å². The Hall–Kier alpha value is -0.930. The minimum atomic E-state index is -0.130. The predicted octanol–water partition coefficient (Wildman–Crippen LogP) is 3.10. The highest BCUT2D eigenvalue weighted by molar-refractivity contribution is 5.20. The van der Waals surface area contributed by atoms with Gasteiger partial charge in [-0.1, -0.05) is 25.0 Å². The smallest absolute Gasteiger partial charge is 0.123 e. The number of benzene rings is 1. The third-order valence-corrected chi connectivity index (χ3v) is 4.84. The van der Waals surface area contributed by atoms with Crippen molar-refractivity contribution in [1.29, 1.82) is 0 Å². The molecule has 1 aliphatic heterocycles. The fourth-order valence-electron chi connectivity index (χ4n) is 3.68. The van der Waals surface area contributed by atoms with Crippen LogP contribution >= 0.6 is 0 Å². The van der Waals surface area contributed by atoms with Gasteiger partial charge in [0, 0.05) is 31.2 Å². The van der Waals surface area contributed by atoms with Gasteiger partial charge in [-0.25, -0.2) is 4.39 Å². The standard InChI is InChI=1S/C16H23FN2/c1-13(14-5-4-6-15(17)11-14)19-10-9-18-16(12-19)7-2-3-8-16/h4-6,11,13,18H,2-3,7-10,12H2,1H3. The van der Waals surface area contributed by atoms with Crippen molar-refractivity contribution in [2.24, 2.45) is 0 Å². The number of hydrogen-bond donors (Lipinski definition) is 1. The molecule has 0 amide bonds. The van der Waals surface area contributed by atoms with Crippen LogP contribution in [0.4, 0.5) is 4.39 Å². The van der Waals surface area contributed by atoms with E-state index < -0.39 is 0 Å². The van der Waals surface area contributed by atoms with Crippen molar-refractivity contribution < 1.29 is 4.39 Å². The molecule has 19 heavy (non-hydrogen) atoms. The van der Waals surface area contributed by atoms with Crippen molar-refractivity contribution in [2.75, 3.05) is 19.6 Å². The average molecular weight is 262 g/mol. The average Bonchev–Trinajstić information content (AvgIpc) is 2.86. The van der Waals surface area contributed by atoms with Gasteiger partial charge in [0.25, 0.3) is 0 Å². The van der Waals surface area contributed by atoms with Gasteiger partial charge in [0.1, 0.15) is 5.82 Å². The van der Waals surface area contributed by atoms with E-state index in [2.05, 4.69) is 17.1 Å². The summed E-state index contributed by atoms with van der Waals surface area (Å²) < 4.78 is 13.4. The Morgan fingerprint density at radius 2 is 2.11 bits per heavy atom. The van der Waals surface area contributed by atoms with Gasteiger partial charge in [0.2, 0.25) is 0 Å². The van der Waals surface area contributed by atoms with Crippen molar-refractivity contribution in [3.63, 3.8) is 0 Å². The van der Waals surface area contributed by atoms with Crippen molar-refractivity contribution in [3.8, 4) is 0 Å². The quantitative estimate of drug-likeness (QED) is 0.881. The van der Waals surface area contributed by atoms with E-state index in [9.17, 15) is 4.39 Å². The zero-order valence-electron chi connectivity index (χ0n) is 11.7. The number of halogens is 1. The lowest BCUT2D eigenvalue weighted by atomic mass is 9.93. The summed E-state index contributed by atoms with van der Waals surface area (Å²) in [4.78, 5) is 2.51. The maximum Gasteiger partial charge on any atom is 0.123 e. The highest BCUT2D eigenvalue weighted by Crippen LogP contribution is 2.34. The summed E-state index contributed by atoms with van der Waals surface area (Å²) in [6.45, 7) is 5.41. The fourth-order valence-corrected chi connectivity index (χ4v) is 3.68. The summed E-state index contributed by atoms with van der Waals surface area (Å²) in [6, 6.07) is 7.35. The molecule has 1 heterocycles. The van der Waals surface area contributed by atoms with Crippen LogP contribution < -0.4 is 5.32 Å². The summed E-state index contributed by atoms with van der Waals surface area (Å²) >= 11 is 0. The molecule has 2 nitrogen and oxygen atoms in total. The second kappa shape index (κ2) is 5.22. The van der Waals surface area contributed by atoms with Crippen LogP contribution in [0, 0.1) is 5.82 Å². The molecule has 0 radical (unpaired) electrons. The highest BCUT2D eigenvalue weighted by atomic mass is 19.1. The van der Waals surface area contributed by atoms with Gasteiger partial charge in [-0.2, -0.15) is 0 Å². The Morgan fingerprint density at radius 1 is 1.32 bits per heavy atom. The minimum absolute atomic E-state index is 0.130. The normalized spacial score (nSPS) is 24.7. The maximum absolute atomic E-state index is 13.4. The molecule has 1 spiro atoms. The van der Waals surface area contributed by atoms with Crippen LogP contribution in [0.5, 0.6) is 0 Å². The van der Waals surface area contributed by atoms with Gasteiger partial charge in [0.05, 0.1) is 0 Å². The van der Waals surface area contributed by atoms with Gasteiger partial charge in [0.15, 0.2) is 0 Å². The van der Waals surface area contributed by atoms with E-state index in [4.69, 9.17) is 0 Å². The van der Waals surface area contributed by atoms with E-state index in [0.29, 0.717) is 11.6 Å². The maximum atomic E-state index is 13.4. The van der Waals surface area contributed by atoms with Crippen LogP contribution in [0.15, 0.2) is 24.3 Å². The number of rotatable bonds is 2. The van der Waals surface area contributed by atoms with Gasteiger partial charge >= 0.3 is 0 Å². The molecule has 1 aromatic rings. The third kappa shape index (κ3) is 2.67. The van der Waals surface area contributed by atoms with E-state index in [1.807, 2.05) is 12.1 Å². The third-order valence-electron chi connectivity index (χ3n) is 4.84. The van der Waals surface area contributed by atoms with Crippen LogP contribution in [0.1, 0.15) is 44.2 Å². The molecule has 3 rings (SSSR count). The lowest BCUT2D eigenvalue weighted by Gasteiger charge is -2.44. The molecule has 1 aromatic carbocycles. The van der Waals surface area contributed by atoms with Gasteiger partial charge in [-0.15, -0.1) is 0 Å². The van der Waals surface area contributed by atoms with Crippen molar-refractivity contribution >= 4 is 0 Å². The van der Waals surface area contributed by atoms with Gasteiger partial charge in [-0.3, -0.25) is 4.90 Å². The largest absolute Gasteiger partial charge is 0.309 e. The summed E-state index contributed by atoms with van der Waals surface area (Å²) in [7, 11) is 0. The first-order chi connectivity index (χ1) is 9.19. The first kappa shape index (κ1) is 13.1. The predicted molar refractivity (Wildman–Crippen MR) is 75.6 cm³/mol. The number of nitrogens with one attached hydrogen (secondary N) is 1. The summed E-state index contributed by atoms with van der Waals surface area (Å²) in [5.74, 6) is -0.130. The summed E-state index contributed by atoms with van der Waals surface area (Å²) in [6.07, 6.45) is 5.27. The Bertz CT molecular complexity index is 440. The van der Waals surface area contributed by atoms with Crippen molar-refractivity contribution in [2.45, 2.75) is 44.2 Å². The summed E-state index contributed by atoms with van der Waals surface area (Å²) in [5, 5.41) is 3.73. The van der Waals surface area contributed by atoms with Gasteiger partial charge in [-0.05, 0) is 37.5 Å². The molecule has 1 saturated carbocycles. The molecule has 104 valence electrons. The number of hydrogen-bond acceptors (Lipinski definition) is 2. The Labute approximate surface area is 115 Å². The van der Waals surface area contributed by atoms with E-state index in [1.54, 1.807) is 6.07 Å². The zero-order valence-corrected chi connectivity index (χ0v) is 11.7. The summed E-state index contributed by atoms with van der Waals surface area (Å²) in [5.41, 5.74) is 1.43. The minimum Gasteiger partial charge on any atom is -0.309 e. The van der Waals surface area contributed by atoms with E-state index in [-0.39, 0.29) is 5.82 Å². The lowest BCUT2D eigenvalue weighted by molar-refractivity contribution is 0.100. The van der Waals surface area contributed by atoms with Crippen molar-refractivity contribution in [3.05, 3.63) is 35.6 Å². The fraction of sp³-hybridized carbons (Fsp3) is 0.625. The van der Waals surface area contributed by atoms with Gasteiger partial charge < -0.3 is 5.32 Å². The number of piperazine rings is 1. The molecule has 0 aromatic heterocycles. The SMILES string of the molecule is CC(c1cccc(F)c1)N1CCNC2(CCCC2)C1. The molecular formula is C16H23FN2. The molecule has 2 fully saturated rings. The van der Waals surface area contributed by atoms with Crippen LogP contribution in [-0.4, -0.2) is 30.1 Å². The van der Waals surface area contributed by atoms with E-state index in [0.717, 1.165) is 25.2 Å². The Kier molecular flexibility index (Phi) is 3.59. The molecule has 1 unspecified atom stereocenters. The molecule has 0 bridgehead atoms. The molecule has 1 N–H and O–H groups in total. The van der Waals surface area contributed by atoms with Crippen LogP contribution in [-0.2, 0) is 0 Å². The second-order valence-corrected chi connectivity index (χ2v) is 6.12. The molecule has 1 saturated heterocycles. The Balaban J connectivity index is 1.74. The van der Waals surface area contributed by atoms with E-state index in [1.165, 1.54) is 31.7 Å². The monoisotopic (exact) mass is 262 g/mol. The molecule has 1 aliphatic carbocycles. The molecular weight excluding hydrogens is 239 g/mol. The molecule has 3 heteroatoms. The first-order valence-electron chi connectivity index (χ1n) is 7.43. The first-order valence-corrected chi connectivity index (χ1v) is 7.43. The number of nitrogens with zero attached hydrogens (tertiary/aromatic N) is 1. The zero-order chi connectivity index (χ0) is 13.3. The second-order valence-electron chi connectivity index (χ2n) is 6.12. The highest BCUT2D eigenvalue weighted by Gasteiger charge is 2.38. The molecule has 1 atom stereocenters. The molecule has 2 aliphatic rings. The van der Waals surface area contributed by atoms with Crippen molar-refractivity contribution in [1.82, 2.24) is 10.2 Å². The van der Waals surface area contributed by atoms with Crippen LogP contribution in [0.25, 0.3) is 0 Å². The lowest BCUT2D eigenvalue weighted by Crippen LogP contribution is -2.59. The van der Waals surface area contributed by atoms with Crippen LogP contribution in [0.3, 0.4) is 0 Å².